The molecule has 0 unspecified atom stereocenters. The first-order valence-electron chi connectivity index (χ1n) is 9.47. The SMILES string of the molecule is COCCCN1C(=O)C(=O)/C(=C(/O)c2ccc(OC)c(C)c2)[C@H]1c1ccccc1. The van der Waals surface area contributed by atoms with Crippen LogP contribution in [0.4, 0.5) is 0 Å². The van der Waals surface area contributed by atoms with Gasteiger partial charge in [0.2, 0.25) is 0 Å². The van der Waals surface area contributed by atoms with Crippen LogP contribution in [0.2, 0.25) is 0 Å². The minimum atomic E-state index is -0.678. The molecule has 1 saturated heterocycles. The van der Waals surface area contributed by atoms with Gasteiger partial charge in [0.25, 0.3) is 11.7 Å². The van der Waals surface area contributed by atoms with Crippen molar-refractivity contribution in [2.45, 2.75) is 19.4 Å². The fourth-order valence-corrected chi connectivity index (χ4v) is 3.65. The zero-order chi connectivity index (χ0) is 21.0. The van der Waals surface area contributed by atoms with Gasteiger partial charge < -0.3 is 19.5 Å². The lowest BCUT2D eigenvalue weighted by atomic mass is 9.95. The number of aryl methyl sites for hydroxylation is 1. The molecule has 1 fully saturated rings. The molecular formula is C23H25NO5. The maximum Gasteiger partial charge on any atom is 0.295 e. The average Bonchev–Trinajstić information content (AvgIpc) is 2.99. The quantitative estimate of drug-likeness (QED) is 0.336. The Hall–Kier alpha value is -3.12. The number of ether oxygens (including phenoxy) is 2. The van der Waals surface area contributed by atoms with Crippen LogP contribution in [0.1, 0.15) is 29.2 Å². The van der Waals surface area contributed by atoms with Gasteiger partial charge in [-0.1, -0.05) is 30.3 Å². The van der Waals surface area contributed by atoms with E-state index in [9.17, 15) is 14.7 Å². The zero-order valence-electron chi connectivity index (χ0n) is 16.8. The van der Waals surface area contributed by atoms with Crippen molar-refractivity contribution in [3.63, 3.8) is 0 Å². The van der Waals surface area contributed by atoms with E-state index in [1.807, 2.05) is 37.3 Å². The number of methoxy groups -OCH3 is 2. The molecule has 3 rings (SSSR count). The van der Waals surface area contributed by atoms with Crippen LogP contribution in [-0.2, 0) is 14.3 Å². The van der Waals surface area contributed by atoms with Crippen LogP contribution in [-0.4, -0.2) is 49.1 Å². The van der Waals surface area contributed by atoms with Crippen LogP contribution < -0.4 is 4.74 Å². The number of hydrogen-bond acceptors (Lipinski definition) is 5. The number of carbonyl (C=O) groups is 2. The summed E-state index contributed by atoms with van der Waals surface area (Å²) in [4.78, 5) is 27.2. The van der Waals surface area contributed by atoms with Crippen LogP contribution in [0.15, 0.2) is 54.1 Å². The third-order valence-corrected chi connectivity index (χ3v) is 5.07. The summed E-state index contributed by atoms with van der Waals surface area (Å²) in [6.07, 6.45) is 0.592. The van der Waals surface area contributed by atoms with E-state index in [4.69, 9.17) is 9.47 Å². The molecule has 6 heteroatoms. The molecule has 29 heavy (non-hydrogen) atoms. The van der Waals surface area contributed by atoms with Crippen molar-refractivity contribution >= 4 is 17.4 Å². The number of hydrogen-bond donors (Lipinski definition) is 1. The summed E-state index contributed by atoms with van der Waals surface area (Å²) >= 11 is 0. The molecule has 2 aromatic rings. The van der Waals surface area contributed by atoms with Gasteiger partial charge in [0.1, 0.15) is 11.5 Å². The summed E-state index contributed by atoms with van der Waals surface area (Å²) in [5, 5.41) is 11.0. The molecule has 1 N–H and O–H groups in total. The van der Waals surface area contributed by atoms with Crippen molar-refractivity contribution < 1.29 is 24.2 Å². The maximum atomic E-state index is 12.9. The van der Waals surface area contributed by atoms with Crippen LogP contribution in [0, 0.1) is 6.92 Å². The molecule has 1 aliphatic heterocycles. The summed E-state index contributed by atoms with van der Waals surface area (Å²) in [5.41, 5.74) is 2.17. The van der Waals surface area contributed by atoms with Crippen LogP contribution in [0.5, 0.6) is 5.75 Å². The molecular weight excluding hydrogens is 370 g/mol. The summed E-state index contributed by atoms with van der Waals surface area (Å²) in [6.45, 7) is 2.69. The molecule has 2 aromatic carbocycles. The van der Waals surface area contributed by atoms with E-state index < -0.39 is 17.7 Å². The minimum Gasteiger partial charge on any atom is -0.507 e. The molecule has 152 valence electrons. The van der Waals surface area contributed by atoms with Gasteiger partial charge in [-0.15, -0.1) is 0 Å². The van der Waals surface area contributed by atoms with E-state index in [1.165, 1.54) is 4.90 Å². The molecule has 0 spiro atoms. The Morgan fingerprint density at radius 3 is 2.45 bits per heavy atom. The number of rotatable bonds is 7. The number of amides is 1. The van der Waals surface area contributed by atoms with Crippen molar-refractivity contribution in [1.29, 1.82) is 0 Å². The predicted octanol–water partition coefficient (Wildman–Crippen LogP) is 3.46. The largest absolute Gasteiger partial charge is 0.507 e. The topological polar surface area (TPSA) is 76.1 Å². The van der Waals surface area contributed by atoms with Gasteiger partial charge in [-0.25, -0.2) is 0 Å². The van der Waals surface area contributed by atoms with E-state index in [-0.39, 0.29) is 11.3 Å². The summed E-state index contributed by atoms with van der Waals surface area (Å²) in [5.74, 6) is -0.789. The number of aliphatic hydroxyl groups excluding tert-OH is 1. The lowest BCUT2D eigenvalue weighted by Gasteiger charge is -2.25. The number of carbonyl (C=O) groups excluding carboxylic acids is 2. The Bertz CT molecular complexity index is 936. The monoisotopic (exact) mass is 395 g/mol. The summed E-state index contributed by atoms with van der Waals surface area (Å²) < 4.78 is 10.4. The fourth-order valence-electron chi connectivity index (χ4n) is 3.65. The predicted molar refractivity (Wildman–Crippen MR) is 110 cm³/mol. The molecule has 1 aliphatic rings. The Morgan fingerprint density at radius 1 is 1.10 bits per heavy atom. The first kappa shape index (κ1) is 20.6. The fraction of sp³-hybridized carbons (Fsp3) is 0.304. The van der Waals surface area contributed by atoms with Gasteiger partial charge in [0.15, 0.2) is 0 Å². The van der Waals surface area contributed by atoms with Crippen LogP contribution in [0.3, 0.4) is 0 Å². The number of Topliss-reactive ketones (excluding diaryl/α,β-unsaturated/α-hetero) is 1. The number of benzene rings is 2. The van der Waals surface area contributed by atoms with E-state index in [0.29, 0.717) is 30.9 Å². The third-order valence-electron chi connectivity index (χ3n) is 5.07. The molecule has 0 saturated carbocycles. The van der Waals surface area contributed by atoms with Crippen molar-refractivity contribution in [2.24, 2.45) is 0 Å². The summed E-state index contributed by atoms with van der Waals surface area (Å²) in [6, 6.07) is 13.8. The van der Waals surface area contributed by atoms with Gasteiger partial charge in [-0.05, 0) is 42.7 Å². The van der Waals surface area contributed by atoms with Gasteiger partial charge in [0.05, 0.1) is 18.7 Å². The van der Waals surface area contributed by atoms with E-state index in [1.54, 1.807) is 32.4 Å². The first-order chi connectivity index (χ1) is 14.0. The van der Waals surface area contributed by atoms with Crippen molar-refractivity contribution in [3.05, 3.63) is 70.8 Å². The van der Waals surface area contributed by atoms with E-state index in [2.05, 4.69) is 0 Å². The Morgan fingerprint density at radius 2 is 1.83 bits per heavy atom. The van der Waals surface area contributed by atoms with Crippen molar-refractivity contribution in [2.75, 3.05) is 27.4 Å². The highest BCUT2D eigenvalue weighted by atomic mass is 16.5. The molecule has 0 bridgehead atoms. The van der Waals surface area contributed by atoms with Gasteiger partial charge in [-0.2, -0.15) is 0 Å². The van der Waals surface area contributed by atoms with Crippen LogP contribution in [0.25, 0.3) is 5.76 Å². The van der Waals surface area contributed by atoms with Gasteiger partial charge in [0, 0.05) is 25.8 Å². The molecule has 0 aromatic heterocycles. The Labute approximate surface area is 170 Å². The van der Waals surface area contributed by atoms with Gasteiger partial charge >= 0.3 is 0 Å². The van der Waals surface area contributed by atoms with E-state index in [0.717, 1.165) is 11.1 Å². The van der Waals surface area contributed by atoms with Crippen molar-refractivity contribution in [1.82, 2.24) is 4.90 Å². The molecule has 1 heterocycles. The standard InChI is InChI=1S/C23H25NO5/c1-15-14-17(10-11-18(15)29-3)21(25)19-20(16-8-5-4-6-9-16)24(12-7-13-28-2)23(27)22(19)26/h4-6,8-11,14,20,25H,7,12-13H2,1-3H3/b21-19+/t20-/m1/s1. The molecule has 1 atom stereocenters. The number of ketones is 1. The maximum absolute atomic E-state index is 12.9. The Balaban J connectivity index is 2.11. The molecule has 6 nitrogen and oxygen atoms in total. The normalized spacial score (nSPS) is 18.3. The summed E-state index contributed by atoms with van der Waals surface area (Å²) in [7, 11) is 3.16. The second-order valence-electron chi connectivity index (χ2n) is 6.93. The van der Waals surface area contributed by atoms with E-state index >= 15 is 0 Å². The van der Waals surface area contributed by atoms with Crippen molar-refractivity contribution in [3.8, 4) is 5.75 Å². The van der Waals surface area contributed by atoms with Gasteiger partial charge in [-0.3, -0.25) is 9.59 Å². The smallest absolute Gasteiger partial charge is 0.295 e. The molecule has 1 amide bonds. The minimum absolute atomic E-state index is 0.100. The molecule has 0 radical (unpaired) electrons. The van der Waals surface area contributed by atoms with Crippen LogP contribution >= 0.6 is 0 Å². The average molecular weight is 395 g/mol. The zero-order valence-corrected chi connectivity index (χ0v) is 16.8. The number of aliphatic hydroxyl groups is 1. The highest BCUT2D eigenvalue weighted by Gasteiger charge is 2.45. The highest BCUT2D eigenvalue weighted by molar-refractivity contribution is 6.46. The number of likely N-dealkylation sites (tertiary alicyclic amines) is 1. The molecule has 0 aliphatic carbocycles. The first-order valence-corrected chi connectivity index (χ1v) is 9.47. The third kappa shape index (κ3) is 4.03. The number of nitrogens with zero attached hydrogens (tertiary/aromatic N) is 1. The highest BCUT2D eigenvalue weighted by Crippen LogP contribution is 2.39. The Kier molecular flexibility index (Phi) is 6.34. The lowest BCUT2D eigenvalue weighted by Crippen LogP contribution is -2.31. The lowest BCUT2D eigenvalue weighted by molar-refractivity contribution is -0.140. The second kappa shape index (κ2) is 8.92. The second-order valence-corrected chi connectivity index (χ2v) is 6.93.